The molecule has 1 fully saturated rings. The van der Waals surface area contributed by atoms with Crippen molar-refractivity contribution < 1.29 is 9.15 Å². The van der Waals surface area contributed by atoms with Crippen LogP contribution in [0.2, 0.25) is 0 Å². The van der Waals surface area contributed by atoms with Gasteiger partial charge in [0.05, 0.1) is 12.8 Å². The summed E-state index contributed by atoms with van der Waals surface area (Å²) in [4.78, 5) is 0. The van der Waals surface area contributed by atoms with Crippen molar-refractivity contribution in [2.24, 2.45) is 0 Å². The topological polar surface area (TPSA) is 34.4 Å². The van der Waals surface area contributed by atoms with Crippen LogP contribution in [0.1, 0.15) is 12.8 Å². The Morgan fingerprint density at radius 2 is 2.36 bits per heavy atom. The molecule has 0 radical (unpaired) electrons. The van der Waals surface area contributed by atoms with Gasteiger partial charge in [0.25, 0.3) is 0 Å². The van der Waals surface area contributed by atoms with E-state index in [1.54, 1.807) is 6.26 Å². The fraction of sp³-hybridized carbons (Fsp3) is 0.500. The number of rotatable bonds is 0. The van der Waals surface area contributed by atoms with Gasteiger partial charge in [0.15, 0.2) is 5.75 Å². The Kier molecular flexibility index (Phi) is 0.776. The predicted molar refractivity (Wildman–Crippen MR) is 39.8 cm³/mol. The zero-order valence-electron chi connectivity index (χ0n) is 6.09. The van der Waals surface area contributed by atoms with Gasteiger partial charge in [0, 0.05) is 6.07 Å². The lowest BCUT2D eigenvalue weighted by Crippen LogP contribution is -2.31. The molecule has 1 aliphatic heterocycles. The molecule has 0 atom stereocenters. The molecule has 1 aliphatic carbocycles. The molecule has 0 bridgehead atoms. The van der Waals surface area contributed by atoms with Gasteiger partial charge in [-0.15, -0.1) is 0 Å². The van der Waals surface area contributed by atoms with E-state index in [4.69, 9.17) is 9.15 Å². The lowest BCUT2D eigenvalue weighted by atomic mass is 10.3. The minimum Gasteiger partial charge on any atom is -0.480 e. The predicted octanol–water partition coefficient (Wildman–Crippen LogP) is 1.62. The summed E-state index contributed by atoms with van der Waals surface area (Å²) >= 11 is 0. The first-order valence-electron chi connectivity index (χ1n) is 3.88. The van der Waals surface area contributed by atoms with Gasteiger partial charge in [-0.05, 0) is 12.8 Å². The van der Waals surface area contributed by atoms with Crippen molar-refractivity contribution in [2.75, 3.05) is 11.9 Å². The zero-order valence-corrected chi connectivity index (χ0v) is 6.09. The highest BCUT2D eigenvalue weighted by atomic mass is 16.5. The van der Waals surface area contributed by atoms with E-state index in [1.165, 1.54) is 12.8 Å². The van der Waals surface area contributed by atoms with Crippen LogP contribution in [0.25, 0.3) is 0 Å². The summed E-state index contributed by atoms with van der Waals surface area (Å²) in [5, 5.41) is 3.20. The highest BCUT2D eigenvalue weighted by Crippen LogP contribution is 2.45. The van der Waals surface area contributed by atoms with Gasteiger partial charge in [0.2, 0.25) is 5.88 Å². The lowest BCUT2D eigenvalue weighted by molar-refractivity contribution is 0.180. The average Bonchev–Trinajstić information content (AvgIpc) is 2.63. The minimum atomic E-state index is 0.122. The molecule has 1 aromatic heterocycles. The first-order chi connectivity index (χ1) is 5.38. The maximum absolute atomic E-state index is 5.71. The second kappa shape index (κ2) is 1.55. The second-order valence-corrected chi connectivity index (χ2v) is 3.25. The molecule has 0 saturated heterocycles. The third-order valence-corrected chi connectivity index (χ3v) is 2.33. The number of hydrogen-bond acceptors (Lipinski definition) is 3. The summed E-state index contributed by atoms with van der Waals surface area (Å²) in [5.41, 5.74) is 0.122. The largest absolute Gasteiger partial charge is 0.480 e. The number of anilines is 1. The van der Waals surface area contributed by atoms with E-state index in [0.717, 1.165) is 18.2 Å². The van der Waals surface area contributed by atoms with Gasteiger partial charge in [-0.2, -0.15) is 0 Å². The van der Waals surface area contributed by atoms with E-state index >= 15 is 0 Å². The number of hydrogen-bond donors (Lipinski definition) is 1. The van der Waals surface area contributed by atoms with Crippen LogP contribution >= 0.6 is 0 Å². The van der Waals surface area contributed by atoms with Crippen molar-refractivity contribution >= 4 is 5.88 Å². The molecule has 0 amide bonds. The number of fused-ring (bicyclic) bond motifs is 1. The molecule has 1 saturated carbocycles. The normalized spacial score (nSPS) is 23.6. The molecule has 58 valence electrons. The van der Waals surface area contributed by atoms with Gasteiger partial charge in [0.1, 0.15) is 5.60 Å². The Bertz CT molecular complexity index is 288. The summed E-state index contributed by atoms with van der Waals surface area (Å²) in [6.07, 6.45) is 3.99. The van der Waals surface area contributed by atoms with Crippen LogP contribution < -0.4 is 10.1 Å². The Labute approximate surface area is 64.3 Å². The summed E-state index contributed by atoms with van der Waals surface area (Å²) < 4.78 is 10.9. The minimum absolute atomic E-state index is 0.122. The number of nitrogens with one attached hydrogen (secondary N) is 1. The summed E-state index contributed by atoms with van der Waals surface area (Å²) in [6, 6.07) is 1.86. The zero-order chi connectivity index (χ0) is 7.31. The van der Waals surface area contributed by atoms with Gasteiger partial charge in [-0.25, -0.2) is 0 Å². The molecule has 11 heavy (non-hydrogen) atoms. The van der Waals surface area contributed by atoms with Crippen LogP contribution in [0.4, 0.5) is 5.88 Å². The van der Waals surface area contributed by atoms with Crippen LogP contribution in [0.3, 0.4) is 0 Å². The standard InChI is InChI=1S/C8H9NO2/c1-4-10-7-6(1)11-8(2-3-8)5-9-7/h1,4,9H,2-3,5H2. The highest BCUT2D eigenvalue weighted by molar-refractivity contribution is 5.50. The quantitative estimate of drug-likeness (QED) is 0.611. The Balaban J connectivity index is 2.00. The number of furan rings is 1. The monoisotopic (exact) mass is 151 g/mol. The van der Waals surface area contributed by atoms with Gasteiger partial charge in [-0.3, -0.25) is 0 Å². The molecule has 2 aliphatic rings. The molecule has 1 aromatic rings. The van der Waals surface area contributed by atoms with Crippen LogP contribution in [0, 0.1) is 0 Å². The van der Waals surface area contributed by atoms with Crippen molar-refractivity contribution in [1.82, 2.24) is 0 Å². The van der Waals surface area contributed by atoms with Crippen molar-refractivity contribution in [3.8, 4) is 5.75 Å². The maximum atomic E-state index is 5.71. The molecule has 0 aromatic carbocycles. The van der Waals surface area contributed by atoms with Gasteiger partial charge in [-0.1, -0.05) is 0 Å². The molecule has 3 rings (SSSR count). The summed E-state index contributed by atoms with van der Waals surface area (Å²) in [6.45, 7) is 0.896. The van der Waals surface area contributed by atoms with E-state index in [-0.39, 0.29) is 5.60 Å². The van der Waals surface area contributed by atoms with Gasteiger partial charge < -0.3 is 14.5 Å². The SMILES string of the molecule is c1cc2c(o1)NCC1(CC1)O2. The van der Waals surface area contributed by atoms with Crippen LogP contribution in [-0.2, 0) is 0 Å². The molecule has 3 nitrogen and oxygen atoms in total. The van der Waals surface area contributed by atoms with E-state index in [0.29, 0.717) is 0 Å². The third-order valence-electron chi connectivity index (χ3n) is 2.33. The molecular formula is C8H9NO2. The van der Waals surface area contributed by atoms with Crippen LogP contribution in [0.5, 0.6) is 5.75 Å². The molecule has 1 N–H and O–H groups in total. The van der Waals surface area contributed by atoms with E-state index in [2.05, 4.69) is 5.32 Å². The van der Waals surface area contributed by atoms with Crippen molar-refractivity contribution in [3.63, 3.8) is 0 Å². The Morgan fingerprint density at radius 1 is 1.45 bits per heavy atom. The second-order valence-electron chi connectivity index (χ2n) is 3.25. The third kappa shape index (κ3) is 0.679. The van der Waals surface area contributed by atoms with Crippen LogP contribution in [0.15, 0.2) is 16.7 Å². The fourth-order valence-corrected chi connectivity index (χ4v) is 1.44. The van der Waals surface area contributed by atoms with E-state index in [9.17, 15) is 0 Å². The molecule has 3 heteroatoms. The smallest absolute Gasteiger partial charge is 0.235 e. The molecule has 1 spiro atoms. The van der Waals surface area contributed by atoms with Crippen molar-refractivity contribution in [3.05, 3.63) is 12.3 Å². The number of ether oxygens (including phenoxy) is 1. The highest BCUT2D eigenvalue weighted by Gasteiger charge is 2.48. The maximum Gasteiger partial charge on any atom is 0.235 e. The Morgan fingerprint density at radius 3 is 3.18 bits per heavy atom. The summed E-state index contributed by atoms with van der Waals surface area (Å²) in [5.74, 6) is 1.65. The summed E-state index contributed by atoms with van der Waals surface area (Å²) in [7, 11) is 0. The van der Waals surface area contributed by atoms with E-state index in [1.807, 2.05) is 6.07 Å². The fourth-order valence-electron chi connectivity index (χ4n) is 1.44. The average molecular weight is 151 g/mol. The first kappa shape index (κ1) is 5.52. The molecule has 0 unspecified atom stereocenters. The molecular weight excluding hydrogens is 142 g/mol. The van der Waals surface area contributed by atoms with Crippen molar-refractivity contribution in [2.45, 2.75) is 18.4 Å². The van der Waals surface area contributed by atoms with Crippen molar-refractivity contribution in [1.29, 1.82) is 0 Å². The van der Waals surface area contributed by atoms with Gasteiger partial charge >= 0.3 is 0 Å². The molecule has 2 heterocycles. The first-order valence-corrected chi connectivity index (χ1v) is 3.88. The van der Waals surface area contributed by atoms with E-state index < -0.39 is 0 Å². The Hall–Kier alpha value is -1.12. The van der Waals surface area contributed by atoms with Crippen LogP contribution in [-0.4, -0.2) is 12.1 Å². The lowest BCUT2D eigenvalue weighted by Gasteiger charge is -2.23.